The summed E-state index contributed by atoms with van der Waals surface area (Å²) >= 11 is 14.3. The highest BCUT2D eigenvalue weighted by Crippen LogP contribution is 2.42. The van der Waals surface area contributed by atoms with Crippen LogP contribution in [0.25, 0.3) is 33.6 Å². The van der Waals surface area contributed by atoms with Gasteiger partial charge in [-0.2, -0.15) is 0 Å². The third kappa shape index (κ3) is 9.09. The molecule has 2 aliphatic heterocycles. The summed E-state index contributed by atoms with van der Waals surface area (Å²) in [6.45, 7) is 10.8. The van der Waals surface area contributed by atoms with Crippen molar-refractivity contribution in [1.29, 1.82) is 0 Å². The van der Waals surface area contributed by atoms with Crippen molar-refractivity contribution in [2.24, 2.45) is 0 Å². The fourth-order valence-corrected chi connectivity index (χ4v) is 7.63. The number of pyridine rings is 2. The lowest BCUT2D eigenvalue weighted by Crippen LogP contribution is -2.43. The van der Waals surface area contributed by atoms with E-state index < -0.39 is 17.8 Å². The number of ether oxygens (including phenoxy) is 2. The molecule has 0 radical (unpaired) electrons. The fourth-order valence-electron chi connectivity index (χ4n) is 6.98. The second-order valence-electron chi connectivity index (χ2n) is 15.1. The molecule has 54 heavy (non-hydrogen) atoms. The van der Waals surface area contributed by atoms with E-state index in [2.05, 4.69) is 34.3 Å². The van der Waals surface area contributed by atoms with E-state index in [1.54, 1.807) is 11.1 Å². The van der Waals surface area contributed by atoms with Crippen LogP contribution in [-0.2, 0) is 22.6 Å². The molecule has 1 fully saturated rings. The maximum atomic E-state index is 13.3. The molecule has 1 unspecified atom stereocenters. The zero-order valence-electron chi connectivity index (χ0n) is 31.7. The van der Waals surface area contributed by atoms with Crippen molar-refractivity contribution >= 4 is 40.9 Å². The van der Waals surface area contributed by atoms with Crippen LogP contribution in [0.3, 0.4) is 0 Å². The van der Waals surface area contributed by atoms with Crippen LogP contribution in [0.5, 0.6) is 5.88 Å². The number of likely N-dealkylation sites (N-methyl/N-ethyl adjacent to an activating group) is 1. The number of amides is 2. The van der Waals surface area contributed by atoms with Gasteiger partial charge in [0.1, 0.15) is 5.60 Å². The van der Waals surface area contributed by atoms with Gasteiger partial charge in [-0.15, -0.1) is 0 Å². The van der Waals surface area contributed by atoms with Crippen molar-refractivity contribution in [2.75, 3.05) is 45.2 Å². The summed E-state index contributed by atoms with van der Waals surface area (Å²) in [5.74, 6) is 0.309. The van der Waals surface area contributed by atoms with Gasteiger partial charge in [0.15, 0.2) is 0 Å². The van der Waals surface area contributed by atoms with Gasteiger partial charge in [0.2, 0.25) is 11.8 Å². The van der Waals surface area contributed by atoms with Crippen molar-refractivity contribution in [3.8, 4) is 39.5 Å². The minimum absolute atomic E-state index is 0.0280. The minimum atomic E-state index is -0.695. The molecule has 286 valence electrons. The van der Waals surface area contributed by atoms with Gasteiger partial charge in [-0.1, -0.05) is 53.5 Å². The average molecular weight is 776 g/mol. The van der Waals surface area contributed by atoms with Gasteiger partial charge in [-0.3, -0.25) is 14.7 Å². The number of hydrogen-bond donors (Lipinski definition) is 2. The largest absolute Gasteiger partial charge is 0.481 e. The van der Waals surface area contributed by atoms with Crippen LogP contribution in [0.2, 0.25) is 10.0 Å². The van der Waals surface area contributed by atoms with Crippen LogP contribution in [0, 0.1) is 0 Å². The van der Waals surface area contributed by atoms with Gasteiger partial charge in [-0.25, -0.2) is 9.78 Å². The first-order valence-electron chi connectivity index (χ1n) is 18.2. The number of aliphatic hydroxyl groups is 1. The number of rotatable bonds is 10. The molecule has 0 aliphatic carbocycles. The predicted octanol–water partition coefficient (Wildman–Crippen LogP) is 7.44. The molecule has 4 heterocycles. The molecular weight excluding hydrogens is 727 g/mol. The van der Waals surface area contributed by atoms with E-state index in [9.17, 15) is 14.7 Å². The predicted molar refractivity (Wildman–Crippen MR) is 213 cm³/mol. The number of hydrogen-bond acceptors (Lipinski definition) is 9. The molecule has 6 rings (SSSR count). The number of carbonyl (C=O) groups is 2. The first kappa shape index (κ1) is 39.3. The highest BCUT2D eigenvalue weighted by Gasteiger charge is 2.30. The zero-order valence-corrected chi connectivity index (χ0v) is 33.2. The third-order valence-corrected chi connectivity index (χ3v) is 10.4. The van der Waals surface area contributed by atoms with E-state index in [4.69, 9.17) is 42.6 Å². The number of β-amino-alcohol motifs (C(OH)–C–C–N with tert-alkyl or cyclic N) is 1. The molecule has 2 aromatic carbocycles. The van der Waals surface area contributed by atoms with Gasteiger partial charge in [0, 0.05) is 91.9 Å². The van der Waals surface area contributed by atoms with Crippen LogP contribution >= 0.6 is 23.2 Å². The second-order valence-corrected chi connectivity index (χ2v) is 15.8. The first-order chi connectivity index (χ1) is 25.7. The Balaban J connectivity index is 1.29. The van der Waals surface area contributed by atoms with Crippen molar-refractivity contribution in [3.05, 3.63) is 82.0 Å². The summed E-state index contributed by atoms with van der Waals surface area (Å²) in [5.41, 5.74) is 6.51. The Morgan fingerprint density at radius 1 is 1.07 bits per heavy atom. The minimum Gasteiger partial charge on any atom is -0.481 e. The van der Waals surface area contributed by atoms with Gasteiger partial charge >= 0.3 is 6.09 Å². The molecule has 13 heteroatoms. The van der Waals surface area contributed by atoms with Crippen LogP contribution in [0.1, 0.15) is 51.7 Å². The molecule has 0 spiro atoms. The lowest BCUT2D eigenvalue weighted by molar-refractivity contribution is -0.119. The lowest BCUT2D eigenvalue weighted by atomic mass is 9.98. The smallest absolute Gasteiger partial charge is 0.410 e. The molecule has 11 nitrogen and oxygen atoms in total. The Kier molecular flexibility index (Phi) is 12.0. The second kappa shape index (κ2) is 16.5. The van der Waals surface area contributed by atoms with Crippen LogP contribution in [-0.4, -0.2) is 95.0 Å². The topological polar surface area (TPSA) is 120 Å². The summed E-state index contributed by atoms with van der Waals surface area (Å²) in [6, 6.07) is 17.4. The zero-order chi connectivity index (χ0) is 38.7. The number of anilines is 1. The SMILES string of the molecule is COc1nc(-c2cccc(-c3ccnc(-c4ccc5c(c4)N(C)CCN(CC(C)O)C5)c3Cl)c2Cl)ccc1CN(C[C@@H]1CCC(=O)N1)C(=O)OC(C)(C)C. The van der Waals surface area contributed by atoms with Gasteiger partial charge in [0.25, 0.3) is 0 Å². The number of aliphatic hydroxyl groups excluding tert-OH is 1. The fraction of sp³-hybridized carbons (Fsp3) is 0.415. The van der Waals surface area contributed by atoms with Crippen LogP contribution in [0.15, 0.2) is 60.8 Å². The van der Waals surface area contributed by atoms with E-state index in [-0.39, 0.29) is 18.5 Å². The molecule has 2 aromatic heterocycles. The molecule has 4 aromatic rings. The Morgan fingerprint density at radius 2 is 1.83 bits per heavy atom. The summed E-state index contributed by atoms with van der Waals surface area (Å²) in [4.78, 5) is 40.8. The highest BCUT2D eigenvalue weighted by molar-refractivity contribution is 6.39. The van der Waals surface area contributed by atoms with E-state index in [0.29, 0.717) is 64.4 Å². The maximum absolute atomic E-state index is 13.3. The Labute approximate surface area is 327 Å². The van der Waals surface area contributed by atoms with Crippen LogP contribution < -0.4 is 15.0 Å². The highest BCUT2D eigenvalue weighted by atomic mass is 35.5. The molecule has 2 atom stereocenters. The Morgan fingerprint density at radius 3 is 2.54 bits per heavy atom. The number of aromatic nitrogens is 2. The van der Waals surface area contributed by atoms with Crippen molar-refractivity contribution in [1.82, 2.24) is 25.1 Å². The maximum Gasteiger partial charge on any atom is 0.410 e. The Hall–Kier alpha value is -4.42. The van der Waals surface area contributed by atoms with Gasteiger partial charge < -0.3 is 29.7 Å². The van der Waals surface area contributed by atoms with Crippen LogP contribution in [0.4, 0.5) is 10.5 Å². The van der Waals surface area contributed by atoms with E-state index in [0.717, 1.165) is 42.0 Å². The number of benzene rings is 2. The number of methoxy groups -OCH3 is 1. The molecular formula is C41H48Cl2N6O5. The van der Waals surface area contributed by atoms with Crippen molar-refractivity contribution < 1.29 is 24.2 Å². The third-order valence-electron chi connectivity index (χ3n) is 9.56. The van der Waals surface area contributed by atoms with E-state index in [1.807, 2.05) is 70.2 Å². The van der Waals surface area contributed by atoms with Crippen molar-refractivity contribution in [3.63, 3.8) is 0 Å². The molecule has 2 aliphatic rings. The number of fused-ring (bicyclic) bond motifs is 1. The van der Waals surface area contributed by atoms with E-state index >= 15 is 0 Å². The summed E-state index contributed by atoms with van der Waals surface area (Å²) in [5, 5.41) is 13.9. The Bertz CT molecular complexity index is 2020. The molecule has 2 amide bonds. The summed E-state index contributed by atoms with van der Waals surface area (Å²) < 4.78 is 11.5. The number of nitrogens with one attached hydrogen (secondary N) is 1. The number of nitrogens with zero attached hydrogens (tertiary/aromatic N) is 5. The lowest BCUT2D eigenvalue weighted by Gasteiger charge is -2.29. The number of halogens is 2. The first-order valence-corrected chi connectivity index (χ1v) is 19.0. The molecule has 0 bridgehead atoms. The normalized spacial score (nSPS) is 16.7. The van der Waals surface area contributed by atoms with Gasteiger partial charge in [0.05, 0.1) is 41.2 Å². The van der Waals surface area contributed by atoms with Gasteiger partial charge in [-0.05, 0) is 63.9 Å². The summed E-state index contributed by atoms with van der Waals surface area (Å²) in [6.07, 6.45) is 1.92. The summed E-state index contributed by atoms with van der Waals surface area (Å²) in [7, 11) is 3.61. The monoisotopic (exact) mass is 774 g/mol. The van der Waals surface area contributed by atoms with Crippen molar-refractivity contribution in [2.45, 2.75) is 71.4 Å². The quantitative estimate of drug-likeness (QED) is 0.169. The van der Waals surface area contributed by atoms with E-state index in [1.165, 1.54) is 12.7 Å². The molecule has 1 saturated heterocycles. The molecule has 0 saturated carbocycles. The number of carbonyl (C=O) groups excluding carboxylic acids is 2. The average Bonchev–Trinajstić information content (AvgIpc) is 3.47. The standard InChI is InChI=1S/C41H48Cl2N6O5/c1-25(50)21-48-19-18-47(5)34-20-26(10-11-27(34)22-48)38-37(43)31(16-17-44-38)30-8-7-9-32(36(30)42)33-14-12-28(39(46-33)53-6)23-49(40(52)54-41(2,3)4)24-29-13-15-35(51)45-29/h7-12,14,16-17,20,25,29,50H,13,15,18-19,21-24H2,1-6H3,(H,45,51)/t25?,29-/m0/s1. The molecule has 2 N–H and O–H groups in total.